The number of anilines is 1. The number of nitrogens with one attached hydrogen (secondary N) is 1. The lowest BCUT2D eigenvalue weighted by Crippen LogP contribution is -2.45. The predicted octanol–water partition coefficient (Wildman–Crippen LogP) is 1.48. The Morgan fingerprint density at radius 3 is 2.70 bits per heavy atom. The maximum absolute atomic E-state index is 12.1. The summed E-state index contributed by atoms with van der Waals surface area (Å²) in [6, 6.07) is 3.00. The van der Waals surface area contributed by atoms with Crippen molar-refractivity contribution in [3.63, 3.8) is 0 Å². The van der Waals surface area contributed by atoms with Crippen LogP contribution in [0.3, 0.4) is 0 Å². The second-order valence-electron chi connectivity index (χ2n) is 5.14. The van der Waals surface area contributed by atoms with Gasteiger partial charge in [0.2, 0.25) is 0 Å². The van der Waals surface area contributed by atoms with Gasteiger partial charge in [0.15, 0.2) is 0 Å². The fourth-order valence-electron chi connectivity index (χ4n) is 2.39. The monoisotopic (exact) mass is 339 g/mol. The van der Waals surface area contributed by atoms with Crippen LogP contribution in [0, 0.1) is 5.92 Å². The van der Waals surface area contributed by atoms with Gasteiger partial charge >= 0.3 is 17.8 Å². The van der Waals surface area contributed by atoms with Crippen molar-refractivity contribution in [2.24, 2.45) is 5.92 Å². The molecule has 2 heterocycles. The van der Waals surface area contributed by atoms with Crippen LogP contribution in [0.25, 0.3) is 0 Å². The molecule has 0 saturated carbocycles. The van der Waals surface area contributed by atoms with E-state index in [0.29, 0.717) is 38.2 Å². The number of esters is 1. The first-order valence-electron chi connectivity index (χ1n) is 7.39. The van der Waals surface area contributed by atoms with Crippen LogP contribution < -0.4 is 5.32 Å². The highest BCUT2D eigenvalue weighted by atomic mass is 35.5. The Hall–Kier alpha value is -2.15. The predicted molar refractivity (Wildman–Crippen MR) is 83.8 cm³/mol. The molecule has 23 heavy (non-hydrogen) atoms. The molecule has 1 aromatic rings. The number of carbonyl (C=O) groups excluding carboxylic acids is 3. The molecular formula is C15H18ClN3O4. The van der Waals surface area contributed by atoms with Gasteiger partial charge in [-0.05, 0) is 31.9 Å². The quantitative estimate of drug-likeness (QED) is 0.512. The average Bonchev–Trinajstić information content (AvgIpc) is 2.54. The second kappa shape index (κ2) is 7.92. The molecule has 7 nitrogen and oxygen atoms in total. The van der Waals surface area contributed by atoms with Crippen molar-refractivity contribution in [2.45, 2.75) is 19.8 Å². The second-order valence-corrected chi connectivity index (χ2v) is 5.53. The van der Waals surface area contributed by atoms with Crippen molar-refractivity contribution in [2.75, 3.05) is 25.0 Å². The summed E-state index contributed by atoms with van der Waals surface area (Å²) in [6.45, 7) is 2.81. The molecule has 0 radical (unpaired) electrons. The Bertz CT molecular complexity index is 600. The van der Waals surface area contributed by atoms with E-state index >= 15 is 0 Å². The number of likely N-dealkylation sites (tertiary alicyclic amines) is 1. The topological polar surface area (TPSA) is 88.6 Å². The number of carbonyl (C=O) groups is 3. The molecule has 1 aliphatic rings. The third kappa shape index (κ3) is 4.66. The van der Waals surface area contributed by atoms with Crippen LogP contribution >= 0.6 is 11.6 Å². The molecular weight excluding hydrogens is 322 g/mol. The Morgan fingerprint density at radius 2 is 2.09 bits per heavy atom. The molecule has 0 atom stereocenters. The summed E-state index contributed by atoms with van der Waals surface area (Å²) in [5.41, 5.74) is 0.407. The van der Waals surface area contributed by atoms with Crippen LogP contribution in [0.1, 0.15) is 19.8 Å². The third-order valence-corrected chi connectivity index (χ3v) is 3.79. The highest BCUT2D eigenvalue weighted by molar-refractivity contribution is 6.39. The number of amides is 2. The van der Waals surface area contributed by atoms with E-state index < -0.39 is 11.8 Å². The largest absolute Gasteiger partial charge is 0.466 e. The maximum atomic E-state index is 12.1. The van der Waals surface area contributed by atoms with Gasteiger partial charge in [0, 0.05) is 25.0 Å². The fraction of sp³-hybridized carbons (Fsp3) is 0.467. The SMILES string of the molecule is CCOC(=O)C1CCN(C(=O)C(=O)Nc2ccnc(Cl)c2)CC1. The van der Waals surface area contributed by atoms with Crippen LogP contribution in [-0.4, -0.2) is 47.4 Å². The Labute approximate surface area is 139 Å². The van der Waals surface area contributed by atoms with Crippen LogP contribution in [0.15, 0.2) is 18.3 Å². The smallest absolute Gasteiger partial charge is 0.313 e. The molecule has 0 bridgehead atoms. The lowest BCUT2D eigenvalue weighted by atomic mass is 9.97. The Kier molecular flexibility index (Phi) is 5.92. The number of nitrogens with zero attached hydrogens (tertiary/aromatic N) is 2. The van der Waals surface area contributed by atoms with Gasteiger partial charge in [-0.3, -0.25) is 14.4 Å². The number of rotatable bonds is 3. The number of halogens is 1. The van der Waals surface area contributed by atoms with Gasteiger partial charge in [-0.25, -0.2) is 4.98 Å². The van der Waals surface area contributed by atoms with Crippen molar-refractivity contribution in [3.8, 4) is 0 Å². The van der Waals surface area contributed by atoms with Gasteiger partial charge in [0.25, 0.3) is 0 Å². The molecule has 0 aromatic carbocycles. The molecule has 0 spiro atoms. The van der Waals surface area contributed by atoms with Gasteiger partial charge in [0.05, 0.1) is 12.5 Å². The molecule has 1 aromatic heterocycles. The van der Waals surface area contributed by atoms with Crippen molar-refractivity contribution >= 4 is 35.1 Å². The maximum Gasteiger partial charge on any atom is 0.313 e. The summed E-state index contributed by atoms with van der Waals surface area (Å²) in [5, 5.41) is 2.72. The molecule has 1 N–H and O–H groups in total. The number of ether oxygens (including phenoxy) is 1. The van der Waals surface area contributed by atoms with Crippen molar-refractivity contribution < 1.29 is 19.1 Å². The number of piperidine rings is 1. The molecule has 8 heteroatoms. The summed E-state index contributed by atoms with van der Waals surface area (Å²) in [4.78, 5) is 41.0. The lowest BCUT2D eigenvalue weighted by molar-refractivity contribution is -0.152. The first-order valence-corrected chi connectivity index (χ1v) is 7.77. The number of pyridine rings is 1. The molecule has 1 fully saturated rings. The van der Waals surface area contributed by atoms with Gasteiger partial charge in [-0.1, -0.05) is 11.6 Å². The molecule has 1 saturated heterocycles. The Balaban J connectivity index is 1.87. The number of hydrogen-bond acceptors (Lipinski definition) is 5. The van der Waals surface area contributed by atoms with Gasteiger partial charge in [0.1, 0.15) is 5.15 Å². The summed E-state index contributed by atoms with van der Waals surface area (Å²) < 4.78 is 4.97. The summed E-state index contributed by atoms with van der Waals surface area (Å²) in [5.74, 6) is -1.81. The van der Waals surface area contributed by atoms with E-state index in [1.54, 1.807) is 13.0 Å². The highest BCUT2D eigenvalue weighted by Crippen LogP contribution is 2.19. The zero-order chi connectivity index (χ0) is 16.8. The first-order chi connectivity index (χ1) is 11.0. The highest BCUT2D eigenvalue weighted by Gasteiger charge is 2.30. The molecule has 124 valence electrons. The molecule has 1 aliphatic heterocycles. The van der Waals surface area contributed by atoms with Gasteiger partial charge < -0.3 is 15.0 Å². The fourth-order valence-corrected chi connectivity index (χ4v) is 2.56. The lowest BCUT2D eigenvalue weighted by Gasteiger charge is -2.30. The van der Waals surface area contributed by atoms with Gasteiger partial charge in [-0.15, -0.1) is 0 Å². The van der Waals surface area contributed by atoms with E-state index in [1.807, 2.05) is 0 Å². The zero-order valence-corrected chi connectivity index (χ0v) is 13.5. The minimum absolute atomic E-state index is 0.207. The van der Waals surface area contributed by atoms with E-state index in [1.165, 1.54) is 17.2 Å². The van der Waals surface area contributed by atoms with Crippen molar-refractivity contribution in [3.05, 3.63) is 23.5 Å². The van der Waals surface area contributed by atoms with Crippen molar-refractivity contribution in [1.29, 1.82) is 0 Å². The van der Waals surface area contributed by atoms with E-state index in [2.05, 4.69) is 10.3 Å². The summed E-state index contributed by atoms with van der Waals surface area (Å²) >= 11 is 5.73. The molecule has 0 unspecified atom stereocenters. The minimum Gasteiger partial charge on any atom is -0.466 e. The molecule has 2 rings (SSSR count). The third-order valence-electron chi connectivity index (χ3n) is 3.58. The normalized spacial score (nSPS) is 15.1. The number of hydrogen-bond donors (Lipinski definition) is 1. The van der Waals surface area contributed by atoms with E-state index in [-0.39, 0.29) is 17.0 Å². The molecule has 2 amide bonds. The van der Waals surface area contributed by atoms with E-state index in [0.717, 1.165) is 0 Å². The van der Waals surface area contributed by atoms with E-state index in [4.69, 9.17) is 16.3 Å². The van der Waals surface area contributed by atoms with E-state index in [9.17, 15) is 14.4 Å². The van der Waals surface area contributed by atoms with Crippen LogP contribution in [0.5, 0.6) is 0 Å². The van der Waals surface area contributed by atoms with Crippen LogP contribution in [0.4, 0.5) is 5.69 Å². The Morgan fingerprint density at radius 1 is 1.39 bits per heavy atom. The van der Waals surface area contributed by atoms with Crippen LogP contribution in [0.2, 0.25) is 5.15 Å². The standard InChI is InChI=1S/C15H18ClN3O4/c1-2-23-15(22)10-4-7-19(8-5-10)14(21)13(20)18-11-3-6-17-12(16)9-11/h3,6,9-10H,2,4-5,7-8H2,1H3,(H,17,18,20). The van der Waals surface area contributed by atoms with Gasteiger partial charge in [-0.2, -0.15) is 0 Å². The van der Waals surface area contributed by atoms with Crippen LogP contribution in [-0.2, 0) is 19.1 Å². The minimum atomic E-state index is -0.734. The zero-order valence-electron chi connectivity index (χ0n) is 12.8. The van der Waals surface area contributed by atoms with Crippen molar-refractivity contribution in [1.82, 2.24) is 9.88 Å². The average molecular weight is 340 g/mol. The first kappa shape index (κ1) is 17.2. The summed E-state index contributed by atoms with van der Waals surface area (Å²) in [7, 11) is 0. The number of aromatic nitrogens is 1. The molecule has 0 aliphatic carbocycles. The summed E-state index contributed by atoms with van der Waals surface area (Å²) in [6.07, 6.45) is 2.44.